The second-order valence-electron chi connectivity index (χ2n) is 9.28. The van der Waals surface area contributed by atoms with Crippen molar-refractivity contribution in [2.75, 3.05) is 6.61 Å². The number of rotatable bonds is 11. The third kappa shape index (κ3) is 6.27. The summed E-state index contributed by atoms with van der Waals surface area (Å²) < 4.78 is 17.8. The summed E-state index contributed by atoms with van der Waals surface area (Å²) in [5.41, 5.74) is 0.638. The normalized spacial score (nSPS) is 15.0. The number of nitrogens with zero attached hydrogens (tertiary/aromatic N) is 1. The van der Waals surface area contributed by atoms with Crippen LogP contribution in [-0.2, 0) is 17.6 Å². The molecule has 0 spiro atoms. The van der Waals surface area contributed by atoms with Crippen molar-refractivity contribution in [2.45, 2.75) is 97.0 Å². The van der Waals surface area contributed by atoms with Gasteiger partial charge in [0.15, 0.2) is 11.5 Å². The van der Waals surface area contributed by atoms with Gasteiger partial charge >= 0.3 is 5.97 Å². The van der Waals surface area contributed by atoms with E-state index in [1.165, 1.54) is 19.3 Å². The monoisotopic (exact) mass is 443 g/mol. The zero-order chi connectivity index (χ0) is 23.1. The highest BCUT2D eigenvalue weighted by Crippen LogP contribution is 2.33. The lowest BCUT2D eigenvalue weighted by atomic mass is 9.89. The van der Waals surface area contributed by atoms with Gasteiger partial charge in [0, 0.05) is 18.4 Å². The minimum atomic E-state index is -1.31. The smallest absolute Gasteiger partial charge is 0.347 e. The van der Waals surface area contributed by atoms with Gasteiger partial charge in [0.25, 0.3) is 0 Å². The van der Waals surface area contributed by atoms with Gasteiger partial charge < -0.3 is 19.0 Å². The number of carboxylic acids is 1. The molecule has 0 aliphatic heterocycles. The van der Waals surface area contributed by atoms with E-state index in [0.29, 0.717) is 30.4 Å². The van der Waals surface area contributed by atoms with Crippen molar-refractivity contribution in [3.63, 3.8) is 0 Å². The third-order valence-corrected chi connectivity index (χ3v) is 6.19. The Kier molecular flexibility index (Phi) is 8.21. The maximum atomic E-state index is 11.5. The van der Waals surface area contributed by atoms with Gasteiger partial charge in [0.1, 0.15) is 17.3 Å². The molecule has 176 valence electrons. The highest BCUT2D eigenvalue weighted by atomic mass is 16.5. The van der Waals surface area contributed by atoms with Crippen LogP contribution in [0.5, 0.6) is 11.5 Å². The molecule has 0 unspecified atom stereocenters. The lowest BCUT2D eigenvalue weighted by Gasteiger charge is -2.24. The van der Waals surface area contributed by atoms with Gasteiger partial charge in [0.2, 0.25) is 0 Å². The maximum absolute atomic E-state index is 11.5. The molecule has 2 aromatic rings. The van der Waals surface area contributed by atoms with E-state index in [0.717, 1.165) is 55.0 Å². The SMILES string of the molecule is CCCCc1ccc(OCCc2nc(C3CCCCC3)oc2C)cc1OC(C)(C)C(=O)O. The van der Waals surface area contributed by atoms with Gasteiger partial charge in [-0.15, -0.1) is 0 Å². The molecule has 0 atom stereocenters. The van der Waals surface area contributed by atoms with E-state index in [-0.39, 0.29) is 0 Å². The molecule has 0 radical (unpaired) electrons. The molecule has 3 rings (SSSR count). The van der Waals surface area contributed by atoms with Crippen molar-refractivity contribution in [1.82, 2.24) is 4.98 Å². The quantitative estimate of drug-likeness (QED) is 0.443. The van der Waals surface area contributed by atoms with Crippen molar-refractivity contribution in [3.8, 4) is 11.5 Å². The minimum absolute atomic E-state index is 0.449. The summed E-state index contributed by atoms with van der Waals surface area (Å²) in [6, 6.07) is 5.70. The highest BCUT2D eigenvalue weighted by Gasteiger charge is 2.30. The zero-order valence-electron chi connectivity index (χ0n) is 19.9. The van der Waals surface area contributed by atoms with Gasteiger partial charge in [-0.3, -0.25) is 0 Å². The van der Waals surface area contributed by atoms with Crippen molar-refractivity contribution < 1.29 is 23.8 Å². The molecule has 6 nitrogen and oxygen atoms in total. The predicted octanol–water partition coefficient (Wildman–Crippen LogP) is 6.24. The molecule has 1 aliphatic rings. The Hall–Kier alpha value is -2.50. The fourth-order valence-corrected chi connectivity index (χ4v) is 4.08. The molecule has 1 aliphatic carbocycles. The molecular formula is C26H37NO5. The highest BCUT2D eigenvalue weighted by molar-refractivity contribution is 5.76. The third-order valence-electron chi connectivity index (χ3n) is 6.19. The van der Waals surface area contributed by atoms with Crippen molar-refractivity contribution in [2.24, 2.45) is 0 Å². The van der Waals surface area contributed by atoms with Crippen molar-refractivity contribution in [1.29, 1.82) is 0 Å². The Bertz CT molecular complexity index is 896. The number of oxazole rings is 1. The molecule has 1 N–H and O–H groups in total. The summed E-state index contributed by atoms with van der Waals surface area (Å²) in [5, 5.41) is 9.46. The largest absolute Gasteiger partial charge is 0.493 e. The molecule has 0 amide bonds. The Labute approximate surface area is 191 Å². The predicted molar refractivity (Wildman–Crippen MR) is 124 cm³/mol. The van der Waals surface area contributed by atoms with Crippen LogP contribution in [0.25, 0.3) is 0 Å². The summed E-state index contributed by atoms with van der Waals surface area (Å²) in [7, 11) is 0. The number of ether oxygens (including phenoxy) is 2. The van der Waals surface area contributed by atoms with Gasteiger partial charge in [-0.05, 0) is 58.1 Å². The van der Waals surface area contributed by atoms with E-state index in [2.05, 4.69) is 6.92 Å². The van der Waals surface area contributed by atoms with E-state index < -0.39 is 11.6 Å². The fraction of sp³-hybridized carbons (Fsp3) is 0.615. The van der Waals surface area contributed by atoms with Crippen LogP contribution in [-0.4, -0.2) is 28.3 Å². The van der Waals surface area contributed by atoms with E-state index in [9.17, 15) is 9.90 Å². The van der Waals surface area contributed by atoms with Gasteiger partial charge in [-0.25, -0.2) is 9.78 Å². The van der Waals surface area contributed by atoms with Crippen LogP contribution in [0, 0.1) is 6.92 Å². The molecule has 0 saturated heterocycles. The first-order chi connectivity index (χ1) is 15.3. The number of carbonyl (C=O) groups is 1. The van der Waals surface area contributed by atoms with Crippen molar-refractivity contribution >= 4 is 5.97 Å². The molecule has 1 fully saturated rings. The van der Waals surface area contributed by atoms with Crippen LogP contribution < -0.4 is 9.47 Å². The average Bonchev–Trinajstić information content (AvgIpc) is 3.14. The summed E-state index contributed by atoms with van der Waals surface area (Å²) in [4.78, 5) is 16.3. The van der Waals surface area contributed by atoms with Crippen LogP contribution in [0.1, 0.15) is 94.5 Å². The van der Waals surface area contributed by atoms with E-state index in [4.69, 9.17) is 18.9 Å². The first-order valence-electron chi connectivity index (χ1n) is 11.9. The molecule has 1 aromatic carbocycles. The van der Waals surface area contributed by atoms with Gasteiger partial charge in [-0.1, -0.05) is 38.7 Å². The molecule has 1 aromatic heterocycles. The van der Waals surface area contributed by atoms with E-state index in [1.54, 1.807) is 19.9 Å². The van der Waals surface area contributed by atoms with Gasteiger partial charge in [0.05, 0.1) is 12.3 Å². The second kappa shape index (κ2) is 10.9. The Morgan fingerprint density at radius 2 is 1.97 bits per heavy atom. The number of benzene rings is 1. The molecular weight excluding hydrogens is 406 g/mol. The molecule has 32 heavy (non-hydrogen) atoms. The first-order valence-corrected chi connectivity index (χ1v) is 11.9. The zero-order valence-corrected chi connectivity index (χ0v) is 19.9. The van der Waals surface area contributed by atoms with Crippen LogP contribution in [0.2, 0.25) is 0 Å². The van der Waals surface area contributed by atoms with Crippen LogP contribution in [0.4, 0.5) is 0 Å². The Balaban J connectivity index is 1.65. The Morgan fingerprint density at radius 1 is 1.22 bits per heavy atom. The fourth-order valence-electron chi connectivity index (χ4n) is 4.08. The number of hydrogen-bond donors (Lipinski definition) is 1. The number of hydrogen-bond acceptors (Lipinski definition) is 5. The van der Waals surface area contributed by atoms with E-state index in [1.807, 2.05) is 19.1 Å². The Morgan fingerprint density at radius 3 is 2.66 bits per heavy atom. The number of aryl methyl sites for hydroxylation is 2. The topological polar surface area (TPSA) is 81.8 Å². The molecule has 1 saturated carbocycles. The van der Waals surface area contributed by atoms with E-state index >= 15 is 0 Å². The molecule has 1 heterocycles. The molecule has 0 bridgehead atoms. The standard InChI is InChI=1S/C26H37NO5/c1-5-6-10-19-13-14-21(17-23(19)32-26(3,4)25(28)29)30-16-15-22-18(2)31-24(27-22)20-11-8-7-9-12-20/h13-14,17,20H,5-12,15-16H2,1-4H3,(H,28,29). The number of carboxylic acid groups (broad SMARTS) is 1. The number of unbranched alkanes of at least 4 members (excludes halogenated alkanes) is 1. The number of aromatic nitrogens is 1. The summed E-state index contributed by atoms with van der Waals surface area (Å²) in [6.07, 6.45) is 9.71. The lowest BCUT2D eigenvalue weighted by molar-refractivity contribution is -0.152. The minimum Gasteiger partial charge on any atom is -0.493 e. The summed E-state index contributed by atoms with van der Waals surface area (Å²) in [5.74, 6) is 2.43. The first kappa shape index (κ1) is 24.1. The van der Waals surface area contributed by atoms with Crippen LogP contribution in [0.3, 0.4) is 0 Å². The number of aliphatic carboxylic acids is 1. The average molecular weight is 444 g/mol. The van der Waals surface area contributed by atoms with Crippen LogP contribution in [0.15, 0.2) is 22.6 Å². The molecule has 6 heteroatoms. The van der Waals surface area contributed by atoms with Crippen LogP contribution >= 0.6 is 0 Å². The summed E-state index contributed by atoms with van der Waals surface area (Å²) >= 11 is 0. The van der Waals surface area contributed by atoms with Gasteiger partial charge in [-0.2, -0.15) is 0 Å². The lowest BCUT2D eigenvalue weighted by Crippen LogP contribution is -2.38. The second-order valence-corrected chi connectivity index (χ2v) is 9.28. The maximum Gasteiger partial charge on any atom is 0.347 e. The van der Waals surface area contributed by atoms with Crippen molar-refractivity contribution in [3.05, 3.63) is 41.1 Å². The summed E-state index contributed by atoms with van der Waals surface area (Å²) in [6.45, 7) is 7.68.